The smallest absolute Gasteiger partial charge is 0.389 e. The minimum atomic E-state index is -4.59. The zero-order valence-corrected chi connectivity index (χ0v) is 20.1. The Morgan fingerprint density at radius 2 is 1.45 bits per heavy atom. The first-order chi connectivity index (χ1) is 14.8. The summed E-state index contributed by atoms with van der Waals surface area (Å²) in [6.45, 7) is 1.63. The predicted molar refractivity (Wildman–Crippen MR) is 126 cm³/mol. The van der Waals surface area contributed by atoms with Crippen LogP contribution >= 0.6 is 7.82 Å². The quantitative estimate of drug-likeness (QED) is 0.106. The van der Waals surface area contributed by atoms with Crippen molar-refractivity contribution in [2.24, 2.45) is 0 Å². The van der Waals surface area contributed by atoms with Crippen LogP contribution in [0.2, 0.25) is 0 Å². The van der Waals surface area contributed by atoms with Crippen molar-refractivity contribution in [3.63, 3.8) is 0 Å². The minimum Gasteiger partial charge on any atom is -0.389 e. The summed E-state index contributed by atoms with van der Waals surface area (Å²) in [6.07, 6.45) is 23.4. The number of unbranched alkanes of at least 4 members (excludes halogenated alkanes) is 10. The van der Waals surface area contributed by atoms with Crippen LogP contribution in [0.5, 0.6) is 0 Å². The van der Waals surface area contributed by atoms with Crippen molar-refractivity contribution in [1.29, 1.82) is 0 Å². The van der Waals surface area contributed by atoms with E-state index in [1.54, 1.807) is 0 Å². The zero-order chi connectivity index (χ0) is 23.2. The van der Waals surface area contributed by atoms with Gasteiger partial charge in [-0.05, 0) is 38.5 Å². The number of rotatable bonds is 21. The topological polar surface area (TPSA) is 116 Å². The highest BCUT2D eigenvalue weighted by Gasteiger charge is 2.17. The van der Waals surface area contributed by atoms with Crippen molar-refractivity contribution in [2.75, 3.05) is 13.2 Å². The van der Waals surface area contributed by atoms with Crippen LogP contribution in [0, 0.1) is 0 Å². The van der Waals surface area contributed by atoms with Crippen LogP contribution in [0.3, 0.4) is 0 Å². The number of phosphoric ester groups is 1. The summed E-state index contributed by atoms with van der Waals surface area (Å²) >= 11 is 0. The molecular formula is C23H44NO6P. The molecule has 0 aliphatic rings. The van der Waals surface area contributed by atoms with E-state index in [0.717, 1.165) is 32.1 Å². The average Bonchev–Trinajstić information content (AvgIpc) is 2.72. The van der Waals surface area contributed by atoms with Gasteiger partial charge in [0.1, 0.15) is 0 Å². The lowest BCUT2D eigenvalue weighted by Crippen LogP contribution is -2.34. The molecule has 0 aliphatic heterocycles. The monoisotopic (exact) mass is 461 g/mol. The number of hydrogen-bond acceptors (Lipinski definition) is 4. The van der Waals surface area contributed by atoms with Crippen LogP contribution in [0.1, 0.15) is 96.8 Å². The molecule has 0 saturated carbocycles. The van der Waals surface area contributed by atoms with Crippen molar-refractivity contribution < 1.29 is 28.8 Å². The molecule has 0 rings (SSSR count). The standard InChI is InChI=1S/C23H44NO6P/c1-2-3-4-5-6-7-8-9-10-11-12-13-14-15-16-17-18-19-23(26)24-20-22(25)21-30-31(27,28)29/h6-7,9-10,22,25H,2-5,8,11-21H2,1H3,(H,24,26)(H2,27,28,29)/b7-6-,10-9-. The second-order valence-electron chi connectivity index (χ2n) is 7.93. The molecule has 1 unspecified atom stereocenters. The SMILES string of the molecule is CCCCC/C=C\C/C=C\CCCCCCCCCC(=O)NCC(O)COP(=O)(O)O. The Morgan fingerprint density at radius 3 is 2.03 bits per heavy atom. The highest BCUT2D eigenvalue weighted by atomic mass is 31.2. The first-order valence-electron chi connectivity index (χ1n) is 11.8. The van der Waals surface area contributed by atoms with Crippen molar-refractivity contribution in [2.45, 2.75) is 103 Å². The van der Waals surface area contributed by atoms with E-state index < -0.39 is 20.5 Å². The summed E-state index contributed by atoms with van der Waals surface area (Å²) in [7, 11) is -4.59. The molecule has 1 atom stereocenters. The van der Waals surface area contributed by atoms with Gasteiger partial charge in [-0.25, -0.2) is 4.57 Å². The van der Waals surface area contributed by atoms with Gasteiger partial charge in [0.15, 0.2) is 0 Å². The summed E-state index contributed by atoms with van der Waals surface area (Å²) < 4.78 is 14.7. The molecule has 0 saturated heterocycles. The molecule has 0 aromatic rings. The summed E-state index contributed by atoms with van der Waals surface area (Å²) in [4.78, 5) is 28.8. The normalized spacial score (nSPS) is 13.3. The first kappa shape index (κ1) is 30.0. The fourth-order valence-electron chi connectivity index (χ4n) is 3.01. The maximum absolute atomic E-state index is 11.7. The minimum absolute atomic E-state index is 0.0808. The molecule has 7 nitrogen and oxygen atoms in total. The molecule has 0 bridgehead atoms. The summed E-state index contributed by atoms with van der Waals surface area (Å²) in [5, 5.41) is 12.0. The average molecular weight is 462 g/mol. The fraction of sp³-hybridized carbons (Fsp3) is 0.783. The summed E-state index contributed by atoms with van der Waals surface area (Å²) in [6, 6.07) is 0. The molecule has 1 amide bonds. The highest BCUT2D eigenvalue weighted by Crippen LogP contribution is 2.35. The van der Waals surface area contributed by atoms with Gasteiger partial charge in [-0.15, -0.1) is 0 Å². The van der Waals surface area contributed by atoms with Gasteiger partial charge in [0.2, 0.25) is 5.91 Å². The maximum Gasteiger partial charge on any atom is 0.469 e. The number of aliphatic hydroxyl groups is 1. The molecular weight excluding hydrogens is 417 g/mol. The van der Waals surface area contributed by atoms with E-state index in [1.165, 1.54) is 51.4 Å². The van der Waals surface area contributed by atoms with E-state index in [1.807, 2.05) is 0 Å². The lowest BCUT2D eigenvalue weighted by molar-refractivity contribution is -0.121. The van der Waals surface area contributed by atoms with Crippen molar-refractivity contribution in [1.82, 2.24) is 5.32 Å². The van der Waals surface area contributed by atoms with Gasteiger partial charge in [0.25, 0.3) is 0 Å². The number of phosphoric acid groups is 1. The number of carbonyl (C=O) groups excluding carboxylic acids is 1. The third-order valence-electron chi connectivity index (χ3n) is 4.82. The second kappa shape index (κ2) is 20.9. The van der Waals surface area contributed by atoms with Crippen LogP contribution < -0.4 is 5.32 Å². The Kier molecular flexibility index (Phi) is 20.2. The predicted octanol–water partition coefficient (Wildman–Crippen LogP) is 5.17. The molecule has 4 N–H and O–H groups in total. The van der Waals surface area contributed by atoms with Gasteiger partial charge in [0, 0.05) is 13.0 Å². The van der Waals surface area contributed by atoms with Gasteiger partial charge < -0.3 is 20.2 Å². The van der Waals surface area contributed by atoms with E-state index in [2.05, 4.69) is 41.1 Å². The van der Waals surface area contributed by atoms with Crippen LogP contribution in [-0.2, 0) is 13.9 Å². The summed E-state index contributed by atoms with van der Waals surface area (Å²) in [5.74, 6) is -0.169. The molecule has 0 aliphatic carbocycles. The Balaban J connectivity index is 3.39. The van der Waals surface area contributed by atoms with Crippen molar-refractivity contribution in [3.05, 3.63) is 24.3 Å². The van der Waals surface area contributed by atoms with Crippen LogP contribution in [0.15, 0.2) is 24.3 Å². The van der Waals surface area contributed by atoms with Gasteiger partial charge in [-0.1, -0.05) is 76.2 Å². The van der Waals surface area contributed by atoms with Crippen molar-refractivity contribution in [3.8, 4) is 0 Å². The lowest BCUT2D eigenvalue weighted by atomic mass is 10.1. The van der Waals surface area contributed by atoms with E-state index >= 15 is 0 Å². The maximum atomic E-state index is 11.7. The molecule has 0 radical (unpaired) electrons. The molecule has 182 valence electrons. The molecule has 8 heteroatoms. The Bertz CT molecular complexity index is 532. The van der Waals surface area contributed by atoms with E-state index in [4.69, 9.17) is 9.79 Å². The zero-order valence-electron chi connectivity index (χ0n) is 19.2. The van der Waals surface area contributed by atoms with Gasteiger partial charge >= 0.3 is 7.82 Å². The van der Waals surface area contributed by atoms with Crippen LogP contribution in [-0.4, -0.2) is 40.1 Å². The fourth-order valence-corrected chi connectivity index (χ4v) is 3.38. The van der Waals surface area contributed by atoms with Crippen molar-refractivity contribution >= 4 is 13.7 Å². The largest absolute Gasteiger partial charge is 0.469 e. The number of amides is 1. The van der Waals surface area contributed by atoms with Gasteiger partial charge in [-0.3, -0.25) is 9.32 Å². The van der Waals surface area contributed by atoms with E-state index in [-0.39, 0.29) is 12.5 Å². The molecule has 0 aromatic carbocycles. The number of allylic oxidation sites excluding steroid dienone is 4. The van der Waals surface area contributed by atoms with Gasteiger partial charge in [0.05, 0.1) is 12.7 Å². The third kappa shape index (κ3) is 25.2. The Labute approximate surface area is 188 Å². The number of carbonyl (C=O) groups is 1. The number of aliphatic hydroxyl groups excluding tert-OH is 1. The molecule has 31 heavy (non-hydrogen) atoms. The van der Waals surface area contributed by atoms with E-state index in [9.17, 15) is 14.5 Å². The third-order valence-corrected chi connectivity index (χ3v) is 5.31. The first-order valence-corrected chi connectivity index (χ1v) is 13.3. The number of hydrogen-bond donors (Lipinski definition) is 4. The Hall–Kier alpha value is -0.980. The second-order valence-corrected chi connectivity index (χ2v) is 9.17. The van der Waals surface area contributed by atoms with Crippen LogP contribution in [0.4, 0.5) is 0 Å². The lowest BCUT2D eigenvalue weighted by Gasteiger charge is -2.12. The molecule has 0 aromatic heterocycles. The molecule has 0 heterocycles. The number of nitrogens with one attached hydrogen (secondary N) is 1. The Morgan fingerprint density at radius 1 is 0.903 bits per heavy atom. The molecule has 0 fully saturated rings. The molecule has 0 spiro atoms. The van der Waals surface area contributed by atoms with Gasteiger partial charge in [-0.2, -0.15) is 0 Å². The highest BCUT2D eigenvalue weighted by molar-refractivity contribution is 7.46. The van der Waals surface area contributed by atoms with Crippen LogP contribution in [0.25, 0.3) is 0 Å². The van der Waals surface area contributed by atoms with E-state index in [0.29, 0.717) is 6.42 Å². The summed E-state index contributed by atoms with van der Waals surface area (Å²) in [5.41, 5.74) is 0.